The maximum absolute atomic E-state index is 13.5. The zero-order valence-corrected chi connectivity index (χ0v) is 25.8. The largest absolute Gasteiger partial charge is 0.458 e. The normalized spacial score (nSPS) is 40.2. The standard InChI is InChI=1S/C36H50O5/c1-23(2)30(37)14-11-24(3)27-12-13-28-32-29(15-16-35(27,28)5)34(4)17-18-36(39-19-20-40-36)22-26(34)21-31(32)41-33(38)25-9-7-6-8-10-25/h6-11,14,23-24,26-29,31-32H,12-13,15-22H2,1-5H3/b14-11+/t24-,26+,27?,28?,29?,31?,32?,34+,35-/m1/s1. The van der Waals surface area contributed by atoms with Gasteiger partial charge in [-0.3, -0.25) is 4.79 Å². The third-order valence-electron chi connectivity index (χ3n) is 12.6. The second-order valence-electron chi connectivity index (χ2n) is 14.9. The highest BCUT2D eigenvalue weighted by Crippen LogP contribution is 2.69. The van der Waals surface area contributed by atoms with Crippen molar-refractivity contribution in [2.75, 3.05) is 13.2 Å². The Morgan fingerprint density at radius 1 is 0.927 bits per heavy atom. The van der Waals surface area contributed by atoms with Crippen LogP contribution in [0.15, 0.2) is 42.5 Å². The lowest BCUT2D eigenvalue weighted by Gasteiger charge is -2.63. The molecule has 1 spiro atoms. The molecule has 1 aliphatic heterocycles. The quantitative estimate of drug-likeness (QED) is 0.263. The molecule has 9 atom stereocenters. The molecule has 1 aromatic rings. The molecular weight excluding hydrogens is 512 g/mol. The maximum Gasteiger partial charge on any atom is 0.338 e. The second-order valence-corrected chi connectivity index (χ2v) is 14.9. The Kier molecular flexibility index (Phi) is 7.77. The fraction of sp³-hybridized carbons (Fsp3) is 0.722. The van der Waals surface area contributed by atoms with Crippen molar-refractivity contribution in [1.29, 1.82) is 0 Å². The minimum atomic E-state index is -0.443. The van der Waals surface area contributed by atoms with Crippen LogP contribution < -0.4 is 0 Å². The van der Waals surface area contributed by atoms with Crippen molar-refractivity contribution in [3.05, 3.63) is 48.0 Å². The third kappa shape index (κ3) is 5.03. The Bertz CT molecular complexity index is 1150. The predicted octanol–water partition coefficient (Wildman–Crippen LogP) is 7.64. The van der Waals surface area contributed by atoms with Crippen molar-refractivity contribution in [3.63, 3.8) is 0 Å². The highest BCUT2D eigenvalue weighted by atomic mass is 16.7. The van der Waals surface area contributed by atoms with Crippen molar-refractivity contribution < 1.29 is 23.8 Å². The lowest BCUT2D eigenvalue weighted by molar-refractivity contribution is -0.242. The van der Waals surface area contributed by atoms with Crippen molar-refractivity contribution >= 4 is 11.8 Å². The van der Waals surface area contributed by atoms with Crippen molar-refractivity contribution in [1.82, 2.24) is 0 Å². The van der Waals surface area contributed by atoms with Crippen LogP contribution in [0.25, 0.3) is 0 Å². The molecule has 0 aromatic heterocycles. The molecule has 4 saturated carbocycles. The molecule has 5 aliphatic rings. The highest BCUT2D eigenvalue weighted by Gasteiger charge is 2.65. The van der Waals surface area contributed by atoms with E-state index in [0.29, 0.717) is 54.3 Å². The smallest absolute Gasteiger partial charge is 0.338 e. The Balaban J connectivity index is 1.30. The molecule has 6 rings (SSSR count). The van der Waals surface area contributed by atoms with E-state index in [1.54, 1.807) is 0 Å². The maximum atomic E-state index is 13.5. The van der Waals surface area contributed by atoms with Crippen LogP contribution in [0, 0.1) is 52.3 Å². The molecule has 4 aliphatic carbocycles. The Morgan fingerprint density at radius 3 is 2.34 bits per heavy atom. The number of allylic oxidation sites excluding steroid dienone is 2. The molecule has 5 fully saturated rings. The van der Waals surface area contributed by atoms with E-state index in [0.717, 1.165) is 25.7 Å². The monoisotopic (exact) mass is 562 g/mol. The van der Waals surface area contributed by atoms with Crippen LogP contribution in [-0.4, -0.2) is 36.9 Å². The van der Waals surface area contributed by atoms with Crippen LogP contribution in [0.2, 0.25) is 0 Å². The topological polar surface area (TPSA) is 61.8 Å². The number of hydrogen-bond acceptors (Lipinski definition) is 5. The van der Waals surface area contributed by atoms with E-state index in [2.05, 4.69) is 26.8 Å². The molecule has 1 saturated heterocycles. The number of benzene rings is 1. The van der Waals surface area contributed by atoms with Gasteiger partial charge in [0.05, 0.1) is 18.8 Å². The van der Waals surface area contributed by atoms with Gasteiger partial charge in [0, 0.05) is 24.7 Å². The first kappa shape index (κ1) is 29.1. The second kappa shape index (κ2) is 10.9. The summed E-state index contributed by atoms with van der Waals surface area (Å²) < 4.78 is 19.0. The van der Waals surface area contributed by atoms with Crippen molar-refractivity contribution in [2.24, 2.45) is 52.3 Å². The summed E-state index contributed by atoms with van der Waals surface area (Å²) >= 11 is 0. The van der Waals surface area contributed by atoms with Gasteiger partial charge in [-0.1, -0.05) is 58.9 Å². The van der Waals surface area contributed by atoms with E-state index in [1.807, 2.05) is 50.3 Å². The average Bonchev–Trinajstić information content (AvgIpc) is 3.56. The highest BCUT2D eigenvalue weighted by molar-refractivity contribution is 5.91. The molecular formula is C36H50O5. The van der Waals surface area contributed by atoms with E-state index in [1.165, 1.54) is 25.7 Å². The SMILES string of the molecule is CC(C)C(=O)/C=C/[C@@H](C)C1CCC2C3C(OC(=O)c4ccccc4)C[C@H]4CC5(CC[C@]4(C)C3CC[C@@]21C)OCCO5. The number of carbonyl (C=O) groups excluding carboxylic acids is 2. The summed E-state index contributed by atoms with van der Waals surface area (Å²) in [5.74, 6) is 2.32. The first-order valence-electron chi connectivity index (χ1n) is 16.3. The first-order chi connectivity index (χ1) is 19.6. The van der Waals surface area contributed by atoms with Crippen molar-refractivity contribution in [2.45, 2.75) is 97.9 Å². The molecule has 5 nitrogen and oxygen atoms in total. The van der Waals surface area contributed by atoms with Crippen LogP contribution in [0.1, 0.15) is 96.3 Å². The van der Waals surface area contributed by atoms with Gasteiger partial charge >= 0.3 is 5.97 Å². The number of fused-ring (bicyclic) bond motifs is 5. The van der Waals surface area contributed by atoms with Gasteiger partial charge in [-0.2, -0.15) is 0 Å². The van der Waals surface area contributed by atoms with Crippen LogP contribution in [-0.2, 0) is 19.0 Å². The number of esters is 1. The summed E-state index contributed by atoms with van der Waals surface area (Å²) in [4.78, 5) is 25.9. The van der Waals surface area contributed by atoms with Gasteiger partial charge in [-0.25, -0.2) is 4.79 Å². The molecule has 0 amide bonds. The van der Waals surface area contributed by atoms with Gasteiger partial charge in [0.1, 0.15) is 6.10 Å². The minimum absolute atomic E-state index is 0.0338. The molecule has 0 bridgehead atoms. The fourth-order valence-corrected chi connectivity index (χ4v) is 10.3. The third-order valence-corrected chi connectivity index (χ3v) is 12.6. The van der Waals surface area contributed by atoms with E-state index >= 15 is 0 Å². The lowest BCUT2D eigenvalue weighted by Crippen LogP contribution is -2.60. The molecule has 0 N–H and O–H groups in total. The van der Waals surface area contributed by atoms with E-state index in [-0.39, 0.29) is 34.6 Å². The summed E-state index contributed by atoms with van der Waals surface area (Å²) in [7, 11) is 0. The van der Waals surface area contributed by atoms with Crippen LogP contribution in [0.5, 0.6) is 0 Å². The van der Waals surface area contributed by atoms with Gasteiger partial charge in [0.15, 0.2) is 11.6 Å². The Hall–Kier alpha value is -1.98. The van der Waals surface area contributed by atoms with Crippen LogP contribution in [0.4, 0.5) is 0 Å². The fourth-order valence-electron chi connectivity index (χ4n) is 10.3. The predicted molar refractivity (Wildman–Crippen MR) is 159 cm³/mol. The number of rotatable bonds is 6. The van der Waals surface area contributed by atoms with E-state index < -0.39 is 5.79 Å². The van der Waals surface area contributed by atoms with Crippen molar-refractivity contribution in [3.8, 4) is 0 Å². The zero-order valence-electron chi connectivity index (χ0n) is 25.8. The summed E-state index contributed by atoms with van der Waals surface area (Å²) in [6, 6.07) is 9.50. The van der Waals surface area contributed by atoms with Gasteiger partial charge in [-0.05, 0) is 97.2 Å². The van der Waals surface area contributed by atoms with Gasteiger partial charge < -0.3 is 14.2 Å². The summed E-state index contributed by atoms with van der Waals surface area (Å²) in [5, 5.41) is 0. The number of carbonyl (C=O) groups is 2. The Morgan fingerprint density at radius 2 is 1.63 bits per heavy atom. The first-order valence-corrected chi connectivity index (χ1v) is 16.3. The summed E-state index contributed by atoms with van der Waals surface area (Å²) in [5.41, 5.74) is 1.02. The molecule has 5 heteroatoms. The molecule has 0 radical (unpaired) electrons. The average molecular weight is 563 g/mol. The van der Waals surface area contributed by atoms with Gasteiger partial charge in [0.2, 0.25) is 0 Å². The van der Waals surface area contributed by atoms with Gasteiger partial charge in [-0.15, -0.1) is 0 Å². The Labute approximate surface area is 246 Å². The number of ketones is 1. The molecule has 41 heavy (non-hydrogen) atoms. The zero-order chi connectivity index (χ0) is 29.0. The van der Waals surface area contributed by atoms with Crippen LogP contribution >= 0.6 is 0 Å². The lowest BCUT2D eigenvalue weighted by atomic mass is 9.43. The number of hydrogen-bond donors (Lipinski definition) is 0. The molecule has 224 valence electrons. The van der Waals surface area contributed by atoms with Gasteiger partial charge in [0.25, 0.3) is 0 Å². The number of ether oxygens (including phenoxy) is 3. The molecule has 5 unspecified atom stereocenters. The molecule has 1 aromatic carbocycles. The minimum Gasteiger partial charge on any atom is -0.458 e. The summed E-state index contributed by atoms with van der Waals surface area (Å²) in [6.45, 7) is 12.7. The van der Waals surface area contributed by atoms with E-state index in [4.69, 9.17) is 14.2 Å². The van der Waals surface area contributed by atoms with E-state index in [9.17, 15) is 9.59 Å². The molecule has 1 heterocycles. The summed E-state index contributed by atoms with van der Waals surface area (Å²) in [6.07, 6.45) is 12.5. The van der Waals surface area contributed by atoms with Crippen LogP contribution in [0.3, 0.4) is 0 Å².